The van der Waals surface area contributed by atoms with Crippen LogP contribution in [0.2, 0.25) is 0 Å². The van der Waals surface area contributed by atoms with Crippen molar-refractivity contribution in [2.45, 2.75) is 78.1 Å². The lowest BCUT2D eigenvalue weighted by atomic mass is 10.1. The minimum Gasteiger partial charge on any atom is -0.432 e. The summed E-state index contributed by atoms with van der Waals surface area (Å²) in [5, 5.41) is 0. The highest BCUT2D eigenvalue weighted by Crippen LogP contribution is 2.07. The number of rotatable bonds is 12. The molecule has 0 aliphatic heterocycles. The molecule has 0 radical (unpaired) electrons. The van der Waals surface area contributed by atoms with Gasteiger partial charge in [-0.25, -0.2) is 4.79 Å². The fourth-order valence-corrected chi connectivity index (χ4v) is 1.77. The fourth-order valence-electron chi connectivity index (χ4n) is 1.77. The van der Waals surface area contributed by atoms with E-state index in [2.05, 4.69) is 13.8 Å². The van der Waals surface area contributed by atoms with E-state index in [-0.39, 0.29) is 5.97 Å². The monoisotopic (exact) mass is 266 g/mol. The van der Waals surface area contributed by atoms with Crippen LogP contribution in [-0.4, -0.2) is 5.97 Å². The fraction of sp³-hybridized carbons (Fsp3) is 0.706. The minimum absolute atomic E-state index is 0.265. The maximum absolute atomic E-state index is 11.3. The molecule has 0 amide bonds. The summed E-state index contributed by atoms with van der Waals surface area (Å²) in [5.41, 5.74) is 0. The SMILES string of the molecule is CCCCC=COC(=O)C=CCCCCCCCC. The lowest BCUT2D eigenvalue weighted by Crippen LogP contribution is -1.93. The molecule has 2 heteroatoms. The zero-order valence-electron chi connectivity index (χ0n) is 12.7. The van der Waals surface area contributed by atoms with Crippen molar-refractivity contribution in [3.63, 3.8) is 0 Å². The molecule has 19 heavy (non-hydrogen) atoms. The van der Waals surface area contributed by atoms with Crippen LogP contribution in [0.25, 0.3) is 0 Å². The molecule has 0 saturated carbocycles. The predicted octanol–water partition coefficient (Wildman–Crippen LogP) is 5.54. The quantitative estimate of drug-likeness (QED) is 0.201. The van der Waals surface area contributed by atoms with Crippen molar-refractivity contribution in [3.8, 4) is 0 Å². The maximum atomic E-state index is 11.3. The molecule has 110 valence electrons. The molecule has 2 nitrogen and oxygen atoms in total. The second-order valence-electron chi connectivity index (χ2n) is 4.91. The number of carbonyl (C=O) groups is 1. The lowest BCUT2D eigenvalue weighted by molar-refractivity contribution is -0.132. The Hall–Kier alpha value is -1.05. The minimum atomic E-state index is -0.265. The summed E-state index contributed by atoms with van der Waals surface area (Å²) >= 11 is 0. The number of hydrogen-bond acceptors (Lipinski definition) is 2. The molecule has 0 aromatic carbocycles. The van der Waals surface area contributed by atoms with E-state index in [9.17, 15) is 4.79 Å². The zero-order chi connectivity index (χ0) is 14.2. The third-order valence-electron chi connectivity index (χ3n) is 2.98. The number of allylic oxidation sites excluding steroid dienone is 2. The Balaban J connectivity index is 3.39. The van der Waals surface area contributed by atoms with E-state index in [1.807, 2.05) is 12.2 Å². The van der Waals surface area contributed by atoms with Crippen LogP contribution in [0.3, 0.4) is 0 Å². The normalized spacial score (nSPS) is 11.5. The van der Waals surface area contributed by atoms with Gasteiger partial charge in [-0.15, -0.1) is 0 Å². The van der Waals surface area contributed by atoms with Gasteiger partial charge >= 0.3 is 5.97 Å². The van der Waals surface area contributed by atoms with Gasteiger partial charge < -0.3 is 4.74 Å². The molecule has 0 bridgehead atoms. The summed E-state index contributed by atoms with van der Waals surface area (Å²) in [6, 6.07) is 0. The molecule has 0 N–H and O–H groups in total. The van der Waals surface area contributed by atoms with Crippen molar-refractivity contribution < 1.29 is 9.53 Å². The molecule has 0 atom stereocenters. The van der Waals surface area contributed by atoms with E-state index in [1.54, 1.807) is 0 Å². The molecular formula is C17H30O2. The maximum Gasteiger partial charge on any atom is 0.335 e. The van der Waals surface area contributed by atoms with Gasteiger partial charge in [-0.1, -0.05) is 58.4 Å². The van der Waals surface area contributed by atoms with Crippen LogP contribution in [0.15, 0.2) is 24.5 Å². The average Bonchev–Trinajstić information content (AvgIpc) is 2.41. The number of ether oxygens (including phenoxy) is 1. The van der Waals surface area contributed by atoms with Crippen LogP contribution in [-0.2, 0) is 9.53 Å². The topological polar surface area (TPSA) is 26.3 Å². The summed E-state index contributed by atoms with van der Waals surface area (Å²) in [7, 11) is 0. The van der Waals surface area contributed by atoms with Crippen molar-refractivity contribution in [1.29, 1.82) is 0 Å². The van der Waals surface area contributed by atoms with E-state index in [1.165, 1.54) is 50.9 Å². The summed E-state index contributed by atoms with van der Waals surface area (Å²) < 4.78 is 4.94. The van der Waals surface area contributed by atoms with Crippen LogP contribution in [0.5, 0.6) is 0 Å². The Kier molecular flexibility index (Phi) is 14.2. The second kappa shape index (κ2) is 15.0. The van der Waals surface area contributed by atoms with Crippen LogP contribution in [0.1, 0.15) is 78.1 Å². The summed E-state index contributed by atoms with van der Waals surface area (Å²) in [4.78, 5) is 11.3. The number of hydrogen-bond donors (Lipinski definition) is 0. The molecule has 0 heterocycles. The predicted molar refractivity (Wildman–Crippen MR) is 81.9 cm³/mol. The number of carbonyl (C=O) groups excluding carboxylic acids is 1. The highest BCUT2D eigenvalue weighted by molar-refractivity contribution is 5.82. The van der Waals surface area contributed by atoms with Gasteiger partial charge in [0.05, 0.1) is 6.26 Å². The summed E-state index contributed by atoms with van der Waals surface area (Å²) in [5.74, 6) is -0.265. The highest BCUT2D eigenvalue weighted by atomic mass is 16.5. The molecule has 0 spiro atoms. The van der Waals surface area contributed by atoms with Crippen molar-refractivity contribution in [2.24, 2.45) is 0 Å². The van der Waals surface area contributed by atoms with Crippen molar-refractivity contribution in [3.05, 3.63) is 24.5 Å². The second-order valence-corrected chi connectivity index (χ2v) is 4.91. The van der Waals surface area contributed by atoms with Crippen molar-refractivity contribution in [1.82, 2.24) is 0 Å². The zero-order valence-corrected chi connectivity index (χ0v) is 12.7. The molecule has 0 saturated heterocycles. The summed E-state index contributed by atoms with van der Waals surface area (Å²) in [6.45, 7) is 4.37. The first-order valence-corrected chi connectivity index (χ1v) is 7.83. The first kappa shape index (κ1) is 17.9. The van der Waals surface area contributed by atoms with Gasteiger partial charge in [0.25, 0.3) is 0 Å². The Bertz CT molecular complexity index is 254. The van der Waals surface area contributed by atoms with Gasteiger partial charge in [0.1, 0.15) is 0 Å². The molecule has 0 fully saturated rings. The van der Waals surface area contributed by atoms with Gasteiger partial charge in [-0.2, -0.15) is 0 Å². The molecule has 0 aromatic rings. The molecule has 0 aromatic heterocycles. The van der Waals surface area contributed by atoms with Crippen LogP contribution in [0.4, 0.5) is 0 Å². The Morgan fingerprint density at radius 2 is 1.47 bits per heavy atom. The van der Waals surface area contributed by atoms with Crippen molar-refractivity contribution >= 4 is 5.97 Å². The smallest absolute Gasteiger partial charge is 0.335 e. The van der Waals surface area contributed by atoms with Gasteiger partial charge in [0.15, 0.2) is 0 Å². The molecular weight excluding hydrogens is 236 g/mol. The number of unbranched alkanes of at least 4 members (excludes halogenated alkanes) is 8. The Morgan fingerprint density at radius 3 is 2.21 bits per heavy atom. The molecule has 0 rings (SSSR count). The molecule has 0 unspecified atom stereocenters. The third-order valence-corrected chi connectivity index (χ3v) is 2.98. The van der Waals surface area contributed by atoms with Crippen LogP contribution >= 0.6 is 0 Å². The Labute approximate surface area is 118 Å². The van der Waals surface area contributed by atoms with Gasteiger partial charge in [-0.05, 0) is 31.8 Å². The van der Waals surface area contributed by atoms with E-state index >= 15 is 0 Å². The van der Waals surface area contributed by atoms with E-state index in [0.717, 1.165) is 25.7 Å². The first-order valence-electron chi connectivity index (χ1n) is 7.83. The standard InChI is InChI=1S/C17H30O2/c1-3-5-7-9-10-11-12-13-15-17(18)19-16-14-8-6-4-2/h13-16H,3-12H2,1-2H3. The first-order chi connectivity index (χ1) is 9.31. The largest absolute Gasteiger partial charge is 0.432 e. The Morgan fingerprint density at radius 1 is 0.842 bits per heavy atom. The molecule has 0 aliphatic rings. The molecule has 0 aliphatic carbocycles. The highest BCUT2D eigenvalue weighted by Gasteiger charge is 1.92. The van der Waals surface area contributed by atoms with E-state index in [0.29, 0.717) is 0 Å². The van der Waals surface area contributed by atoms with E-state index < -0.39 is 0 Å². The van der Waals surface area contributed by atoms with Gasteiger partial charge in [0, 0.05) is 6.08 Å². The van der Waals surface area contributed by atoms with Crippen LogP contribution in [0, 0.1) is 0 Å². The van der Waals surface area contributed by atoms with E-state index in [4.69, 9.17) is 4.74 Å². The van der Waals surface area contributed by atoms with Gasteiger partial charge in [0.2, 0.25) is 0 Å². The average molecular weight is 266 g/mol. The van der Waals surface area contributed by atoms with Crippen LogP contribution < -0.4 is 0 Å². The lowest BCUT2D eigenvalue weighted by Gasteiger charge is -1.97. The van der Waals surface area contributed by atoms with Gasteiger partial charge in [-0.3, -0.25) is 0 Å². The number of esters is 1. The van der Waals surface area contributed by atoms with Crippen molar-refractivity contribution in [2.75, 3.05) is 0 Å². The summed E-state index contributed by atoms with van der Waals surface area (Å²) in [6.07, 6.45) is 18.8. The third kappa shape index (κ3) is 14.9.